The zero-order valence-corrected chi connectivity index (χ0v) is 16.7. The molecule has 0 saturated carbocycles. The van der Waals surface area contributed by atoms with Crippen LogP contribution in [0.2, 0.25) is 0 Å². The zero-order valence-electron chi connectivity index (χ0n) is 15.9. The van der Waals surface area contributed by atoms with Gasteiger partial charge in [-0.05, 0) is 63.1 Å². The second-order valence-corrected chi connectivity index (χ2v) is 8.04. The van der Waals surface area contributed by atoms with Gasteiger partial charge in [-0.15, -0.1) is 11.8 Å². The lowest BCUT2D eigenvalue weighted by molar-refractivity contribution is -0.136. The number of amides is 2. The van der Waals surface area contributed by atoms with E-state index in [0.717, 1.165) is 56.9 Å². The minimum atomic E-state index is -0.601. The maximum atomic E-state index is 12.2. The van der Waals surface area contributed by atoms with Gasteiger partial charge in [0.2, 0.25) is 0 Å². The van der Waals surface area contributed by atoms with Crippen LogP contribution in [0.1, 0.15) is 25.7 Å². The summed E-state index contributed by atoms with van der Waals surface area (Å²) in [4.78, 5) is 27.8. The standard InChI is InChI=1S/C20H29N3O3S/c1-27-18-5-3-2-4-17(18)22-20(25)19(24)21-14-15-6-10-23(11-7-15)16-8-12-26-13-9-16/h2-5,15-16H,6-14H2,1H3,(H,21,24)(H,22,25). The third-order valence-corrected chi connectivity index (χ3v) is 6.26. The lowest BCUT2D eigenvalue weighted by Crippen LogP contribution is -2.46. The first kappa shape index (κ1) is 20.2. The molecule has 0 spiro atoms. The van der Waals surface area contributed by atoms with Crippen LogP contribution in [-0.2, 0) is 14.3 Å². The summed E-state index contributed by atoms with van der Waals surface area (Å²) in [7, 11) is 0. The van der Waals surface area contributed by atoms with Crippen molar-refractivity contribution in [3.63, 3.8) is 0 Å². The Hall–Kier alpha value is -1.57. The van der Waals surface area contributed by atoms with Crippen molar-refractivity contribution >= 4 is 29.3 Å². The van der Waals surface area contributed by atoms with Crippen molar-refractivity contribution in [1.29, 1.82) is 0 Å². The Morgan fingerprint density at radius 1 is 1.11 bits per heavy atom. The molecule has 2 aliphatic heterocycles. The Kier molecular flexibility index (Phi) is 7.55. The van der Waals surface area contributed by atoms with Crippen molar-refractivity contribution in [2.75, 3.05) is 44.4 Å². The molecule has 2 heterocycles. The molecule has 148 valence electrons. The minimum Gasteiger partial charge on any atom is -0.381 e. The van der Waals surface area contributed by atoms with E-state index in [0.29, 0.717) is 24.2 Å². The van der Waals surface area contributed by atoms with Crippen molar-refractivity contribution in [2.45, 2.75) is 36.6 Å². The number of likely N-dealkylation sites (tertiary alicyclic amines) is 1. The zero-order chi connectivity index (χ0) is 19.1. The van der Waals surface area contributed by atoms with E-state index in [1.54, 1.807) is 0 Å². The number of benzene rings is 1. The van der Waals surface area contributed by atoms with Gasteiger partial charge in [0.15, 0.2) is 0 Å². The van der Waals surface area contributed by atoms with Crippen LogP contribution in [0.15, 0.2) is 29.2 Å². The summed E-state index contributed by atoms with van der Waals surface area (Å²) < 4.78 is 5.44. The number of rotatable bonds is 5. The van der Waals surface area contributed by atoms with Gasteiger partial charge < -0.3 is 20.3 Å². The first-order valence-corrected chi connectivity index (χ1v) is 10.9. The summed E-state index contributed by atoms with van der Waals surface area (Å²) in [5, 5.41) is 5.52. The SMILES string of the molecule is CSc1ccccc1NC(=O)C(=O)NCC1CCN(C2CCOCC2)CC1. The molecule has 7 heteroatoms. The molecule has 0 atom stereocenters. The molecule has 0 unspecified atom stereocenters. The van der Waals surface area contributed by atoms with E-state index >= 15 is 0 Å². The number of nitrogens with zero attached hydrogens (tertiary/aromatic N) is 1. The van der Waals surface area contributed by atoms with Gasteiger partial charge in [0, 0.05) is 30.7 Å². The van der Waals surface area contributed by atoms with Crippen LogP contribution in [0.25, 0.3) is 0 Å². The summed E-state index contributed by atoms with van der Waals surface area (Å²) in [6, 6.07) is 8.14. The molecule has 2 amide bonds. The molecule has 2 aliphatic rings. The molecule has 2 N–H and O–H groups in total. The summed E-state index contributed by atoms with van der Waals surface area (Å²) in [6.07, 6.45) is 6.32. The maximum Gasteiger partial charge on any atom is 0.313 e. The molecule has 0 aliphatic carbocycles. The predicted octanol–water partition coefficient (Wildman–Crippen LogP) is 2.35. The highest BCUT2D eigenvalue weighted by Gasteiger charge is 2.27. The van der Waals surface area contributed by atoms with E-state index in [-0.39, 0.29) is 0 Å². The highest BCUT2D eigenvalue weighted by Crippen LogP contribution is 2.25. The first-order valence-electron chi connectivity index (χ1n) is 9.71. The molecule has 0 radical (unpaired) electrons. The number of para-hydroxylation sites is 1. The Labute approximate surface area is 165 Å². The van der Waals surface area contributed by atoms with E-state index in [2.05, 4.69) is 15.5 Å². The Morgan fingerprint density at radius 2 is 1.81 bits per heavy atom. The van der Waals surface area contributed by atoms with Crippen LogP contribution in [0.5, 0.6) is 0 Å². The van der Waals surface area contributed by atoms with Crippen LogP contribution in [-0.4, -0.2) is 61.9 Å². The number of ether oxygens (including phenoxy) is 1. The number of nitrogens with one attached hydrogen (secondary N) is 2. The lowest BCUT2D eigenvalue weighted by Gasteiger charge is -2.39. The van der Waals surface area contributed by atoms with Gasteiger partial charge in [0.05, 0.1) is 5.69 Å². The van der Waals surface area contributed by atoms with Crippen molar-refractivity contribution in [2.24, 2.45) is 5.92 Å². The number of hydrogen-bond donors (Lipinski definition) is 2. The van der Waals surface area contributed by atoms with Crippen molar-refractivity contribution in [3.8, 4) is 0 Å². The fourth-order valence-corrected chi connectivity index (χ4v) is 4.37. The highest BCUT2D eigenvalue weighted by molar-refractivity contribution is 7.98. The van der Waals surface area contributed by atoms with Crippen molar-refractivity contribution < 1.29 is 14.3 Å². The summed E-state index contributed by atoms with van der Waals surface area (Å²) in [6.45, 7) is 4.44. The predicted molar refractivity (Wildman–Crippen MR) is 108 cm³/mol. The van der Waals surface area contributed by atoms with E-state index in [1.807, 2.05) is 30.5 Å². The summed E-state index contributed by atoms with van der Waals surface area (Å²) >= 11 is 1.54. The van der Waals surface area contributed by atoms with E-state index < -0.39 is 11.8 Å². The molecule has 6 nitrogen and oxygen atoms in total. The maximum absolute atomic E-state index is 12.2. The van der Waals surface area contributed by atoms with Gasteiger partial charge in [-0.3, -0.25) is 9.59 Å². The van der Waals surface area contributed by atoms with E-state index in [4.69, 9.17) is 4.74 Å². The minimum absolute atomic E-state index is 0.441. The van der Waals surface area contributed by atoms with Crippen molar-refractivity contribution in [1.82, 2.24) is 10.2 Å². The van der Waals surface area contributed by atoms with Crippen LogP contribution < -0.4 is 10.6 Å². The molecular formula is C20H29N3O3S. The molecule has 1 aromatic carbocycles. The van der Waals surface area contributed by atoms with E-state index in [9.17, 15) is 9.59 Å². The van der Waals surface area contributed by atoms with Gasteiger partial charge in [0.1, 0.15) is 0 Å². The van der Waals surface area contributed by atoms with Gasteiger partial charge >= 0.3 is 11.8 Å². The van der Waals surface area contributed by atoms with E-state index in [1.165, 1.54) is 11.8 Å². The molecule has 27 heavy (non-hydrogen) atoms. The van der Waals surface area contributed by atoms with Crippen LogP contribution >= 0.6 is 11.8 Å². The molecule has 2 saturated heterocycles. The number of thioether (sulfide) groups is 1. The summed E-state index contributed by atoms with van der Waals surface area (Å²) in [5.41, 5.74) is 0.676. The Morgan fingerprint density at radius 3 is 2.52 bits per heavy atom. The normalized spacial score (nSPS) is 19.6. The number of carbonyl (C=O) groups excluding carboxylic acids is 2. The average molecular weight is 392 g/mol. The molecule has 0 aromatic heterocycles. The quantitative estimate of drug-likeness (QED) is 0.596. The number of carbonyl (C=O) groups is 2. The van der Waals surface area contributed by atoms with Gasteiger partial charge in [-0.25, -0.2) is 0 Å². The second kappa shape index (κ2) is 10.1. The number of anilines is 1. The van der Waals surface area contributed by atoms with Gasteiger partial charge in [0.25, 0.3) is 0 Å². The topological polar surface area (TPSA) is 70.7 Å². The largest absolute Gasteiger partial charge is 0.381 e. The average Bonchev–Trinajstić information content (AvgIpc) is 2.73. The number of hydrogen-bond acceptors (Lipinski definition) is 5. The fourth-order valence-electron chi connectivity index (χ4n) is 3.82. The monoisotopic (exact) mass is 391 g/mol. The third-order valence-electron chi connectivity index (χ3n) is 5.47. The third kappa shape index (κ3) is 5.70. The van der Waals surface area contributed by atoms with Crippen LogP contribution in [0, 0.1) is 5.92 Å². The molecule has 3 rings (SSSR count). The lowest BCUT2D eigenvalue weighted by atomic mass is 9.94. The van der Waals surface area contributed by atoms with Crippen LogP contribution in [0.3, 0.4) is 0 Å². The summed E-state index contributed by atoms with van der Waals surface area (Å²) in [5.74, 6) is -0.717. The van der Waals surface area contributed by atoms with Crippen LogP contribution in [0.4, 0.5) is 5.69 Å². The molecule has 2 fully saturated rings. The second-order valence-electron chi connectivity index (χ2n) is 7.19. The molecule has 1 aromatic rings. The first-order chi connectivity index (χ1) is 13.2. The number of piperidine rings is 1. The fraction of sp³-hybridized carbons (Fsp3) is 0.600. The Bertz CT molecular complexity index is 641. The smallest absolute Gasteiger partial charge is 0.313 e. The van der Waals surface area contributed by atoms with Gasteiger partial charge in [-0.2, -0.15) is 0 Å². The Balaban J connectivity index is 1.39. The van der Waals surface area contributed by atoms with Crippen molar-refractivity contribution in [3.05, 3.63) is 24.3 Å². The highest BCUT2D eigenvalue weighted by atomic mass is 32.2. The molecular weight excluding hydrogens is 362 g/mol. The van der Waals surface area contributed by atoms with Gasteiger partial charge in [-0.1, -0.05) is 12.1 Å². The molecule has 0 bridgehead atoms.